The molecule has 5 nitrogen and oxygen atoms in total. The minimum atomic E-state index is -0.215. The van der Waals surface area contributed by atoms with Gasteiger partial charge in [0.2, 0.25) is 0 Å². The number of amides is 1. The van der Waals surface area contributed by atoms with Crippen LogP contribution in [-0.2, 0) is 0 Å². The fourth-order valence-electron chi connectivity index (χ4n) is 4.27. The molecule has 0 spiro atoms. The van der Waals surface area contributed by atoms with E-state index in [2.05, 4.69) is 43.1 Å². The molecule has 31 heavy (non-hydrogen) atoms. The highest BCUT2D eigenvalue weighted by Gasteiger charge is 2.31. The Balaban J connectivity index is 1.75. The number of carbonyl (C=O) groups is 1. The van der Waals surface area contributed by atoms with Crippen molar-refractivity contribution in [3.05, 3.63) is 70.0 Å². The molecular formula is C25H30N2O3S. The summed E-state index contributed by atoms with van der Waals surface area (Å²) in [6.07, 6.45) is 3.89. The molecule has 1 saturated heterocycles. The van der Waals surface area contributed by atoms with Gasteiger partial charge in [0.15, 0.2) is 5.76 Å². The maximum atomic E-state index is 12.8. The minimum Gasteiger partial charge on any atom is -0.497 e. The van der Waals surface area contributed by atoms with E-state index < -0.39 is 0 Å². The van der Waals surface area contributed by atoms with Gasteiger partial charge in [-0.25, -0.2) is 0 Å². The number of likely N-dealkylation sites (tertiary alicyclic amines) is 1. The first-order valence-electron chi connectivity index (χ1n) is 10.8. The first-order chi connectivity index (χ1) is 15.0. The Morgan fingerprint density at radius 1 is 1.19 bits per heavy atom. The lowest BCUT2D eigenvalue weighted by Gasteiger charge is -2.37. The molecule has 0 radical (unpaired) electrons. The molecule has 1 atom stereocenters. The quantitative estimate of drug-likeness (QED) is 0.510. The van der Waals surface area contributed by atoms with Crippen LogP contribution in [0.2, 0.25) is 0 Å². The van der Waals surface area contributed by atoms with E-state index >= 15 is 0 Å². The van der Waals surface area contributed by atoms with Gasteiger partial charge in [0.1, 0.15) is 10.8 Å². The number of methoxy groups -OCH3 is 1. The lowest BCUT2D eigenvalue weighted by Crippen LogP contribution is -2.37. The van der Waals surface area contributed by atoms with Crippen molar-refractivity contribution in [1.29, 1.82) is 0 Å². The number of nitrogens with one attached hydrogen (secondary N) is 1. The van der Waals surface area contributed by atoms with E-state index in [0.717, 1.165) is 29.8 Å². The molecule has 3 aromatic rings. The van der Waals surface area contributed by atoms with E-state index in [1.165, 1.54) is 40.7 Å². The summed E-state index contributed by atoms with van der Waals surface area (Å²) < 4.78 is 10.7. The lowest BCUT2D eigenvalue weighted by molar-refractivity contribution is 0.0996. The molecule has 1 aliphatic rings. The Morgan fingerprint density at radius 2 is 1.90 bits per heavy atom. The van der Waals surface area contributed by atoms with Crippen molar-refractivity contribution in [2.24, 2.45) is 5.92 Å². The molecule has 0 unspecified atom stereocenters. The number of furan rings is 1. The summed E-state index contributed by atoms with van der Waals surface area (Å²) in [5, 5.41) is 4.03. The van der Waals surface area contributed by atoms with Crippen molar-refractivity contribution in [3.63, 3.8) is 0 Å². The highest BCUT2D eigenvalue weighted by atomic mass is 32.1. The second kappa shape index (κ2) is 9.28. The van der Waals surface area contributed by atoms with Crippen LogP contribution in [0.5, 0.6) is 5.75 Å². The fourth-order valence-corrected chi connectivity index (χ4v) is 5.36. The molecule has 1 aromatic carbocycles. The van der Waals surface area contributed by atoms with Crippen molar-refractivity contribution < 1.29 is 13.9 Å². The van der Waals surface area contributed by atoms with Gasteiger partial charge in [0.05, 0.1) is 19.4 Å². The van der Waals surface area contributed by atoms with E-state index in [9.17, 15) is 4.79 Å². The van der Waals surface area contributed by atoms with Crippen LogP contribution in [0.3, 0.4) is 0 Å². The third kappa shape index (κ3) is 4.55. The predicted molar refractivity (Wildman–Crippen MR) is 125 cm³/mol. The molecule has 2 aromatic heterocycles. The number of thiophene rings is 1. The summed E-state index contributed by atoms with van der Waals surface area (Å²) in [5.41, 5.74) is 3.63. The maximum absolute atomic E-state index is 12.8. The largest absolute Gasteiger partial charge is 0.497 e. The van der Waals surface area contributed by atoms with E-state index in [0.29, 0.717) is 5.76 Å². The number of ether oxygens (including phenoxy) is 1. The molecule has 6 heteroatoms. The van der Waals surface area contributed by atoms with E-state index in [1.54, 1.807) is 30.6 Å². The van der Waals surface area contributed by atoms with Gasteiger partial charge in [-0.15, -0.1) is 11.3 Å². The van der Waals surface area contributed by atoms with Gasteiger partial charge in [-0.3, -0.25) is 9.69 Å². The number of benzene rings is 1. The van der Waals surface area contributed by atoms with Gasteiger partial charge >= 0.3 is 0 Å². The summed E-state index contributed by atoms with van der Waals surface area (Å²) in [6, 6.07) is 11.8. The van der Waals surface area contributed by atoms with Crippen LogP contribution >= 0.6 is 11.3 Å². The second-order valence-electron chi connectivity index (χ2n) is 8.35. The predicted octanol–water partition coefficient (Wildman–Crippen LogP) is 6.04. The van der Waals surface area contributed by atoms with Crippen molar-refractivity contribution in [2.45, 2.75) is 39.7 Å². The molecule has 0 bridgehead atoms. The fraction of sp³-hybridized carbons (Fsp3) is 0.400. The average molecular weight is 439 g/mol. The van der Waals surface area contributed by atoms with Gasteiger partial charge in [-0.1, -0.05) is 19.1 Å². The van der Waals surface area contributed by atoms with Gasteiger partial charge in [0, 0.05) is 10.4 Å². The number of aryl methyl sites for hydroxylation is 1. The van der Waals surface area contributed by atoms with Crippen LogP contribution in [0.15, 0.2) is 47.1 Å². The number of hydrogen-bond donors (Lipinski definition) is 1. The topological polar surface area (TPSA) is 54.7 Å². The Labute approximate surface area is 188 Å². The SMILES string of the molecule is COc1ccc([C@@H](c2c(NC(=O)c3ccco3)sc(C)c2C)N2CCC(C)CC2)cc1. The van der Waals surface area contributed by atoms with Crippen LogP contribution in [0.1, 0.15) is 57.9 Å². The number of piperidine rings is 1. The molecule has 4 rings (SSSR count). The Bertz CT molecular complexity index is 1020. The number of carbonyl (C=O) groups excluding carboxylic acids is 1. The zero-order chi connectivity index (χ0) is 22.0. The maximum Gasteiger partial charge on any atom is 0.291 e. The van der Waals surface area contributed by atoms with Gasteiger partial charge in [0.25, 0.3) is 5.91 Å². The minimum absolute atomic E-state index is 0.0789. The van der Waals surface area contributed by atoms with Gasteiger partial charge < -0.3 is 14.5 Å². The Morgan fingerprint density at radius 3 is 2.52 bits per heavy atom. The summed E-state index contributed by atoms with van der Waals surface area (Å²) in [4.78, 5) is 16.6. The summed E-state index contributed by atoms with van der Waals surface area (Å²) in [6.45, 7) is 8.69. The first kappa shape index (κ1) is 21.7. The number of rotatable bonds is 6. The number of hydrogen-bond acceptors (Lipinski definition) is 5. The standard InChI is InChI=1S/C25H30N2O3S/c1-16-11-13-27(14-12-16)23(19-7-9-20(29-4)10-8-19)22-17(2)18(3)31-25(22)26-24(28)21-6-5-15-30-21/h5-10,15-16,23H,11-14H2,1-4H3,(H,26,28)/t23-/m0/s1. The van der Waals surface area contributed by atoms with Crippen LogP contribution in [-0.4, -0.2) is 31.0 Å². The van der Waals surface area contributed by atoms with Crippen molar-refractivity contribution in [2.75, 3.05) is 25.5 Å². The first-order valence-corrected chi connectivity index (χ1v) is 11.6. The second-order valence-corrected chi connectivity index (χ2v) is 9.58. The van der Waals surface area contributed by atoms with Crippen molar-refractivity contribution in [3.8, 4) is 5.75 Å². The molecular weight excluding hydrogens is 408 g/mol. The van der Waals surface area contributed by atoms with E-state index in [4.69, 9.17) is 9.15 Å². The molecule has 1 fully saturated rings. The lowest BCUT2D eigenvalue weighted by atomic mass is 9.91. The van der Waals surface area contributed by atoms with Gasteiger partial charge in [-0.05, 0) is 81.1 Å². The monoisotopic (exact) mass is 438 g/mol. The number of anilines is 1. The molecule has 1 N–H and O–H groups in total. The normalized spacial score (nSPS) is 16.3. The van der Waals surface area contributed by atoms with Crippen LogP contribution in [0.4, 0.5) is 5.00 Å². The summed E-state index contributed by atoms with van der Waals surface area (Å²) in [7, 11) is 1.69. The van der Waals surface area contributed by atoms with Crippen LogP contribution in [0.25, 0.3) is 0 Å². The molecule has 0 saturated carbocycles. The highest BCUT2D eigenvalue weighted by Crippen LogP contribution is 2.43. The number of nitrogens with zero attached hydrogens (tertiary/aromatic N) is 1. The summed E-state index contributed by atoms with van der Waals surface area (Å²) in [5.74, 6) is 1.70. The summed E-state index contributed by atoms with van der Waals surface area (Å²) >= 11 is 1.64. The zero-order valence-corrected chi connectivity index (χ0v) is 19.4. The van der Waals surface area contributed by atoms with Crippen LogP contribution < -0.4 is 10.1 Å². The third-order valence-electron chi connectivity index (χ3n) is 6.29. The smallest absolute Gasteiger partial charge is 0.291 e. The van der Waals surface area contributed by atoms with Crippen LogP contribution in [0, 0.1) is 19.8 Å². The molecule has 3 heterocycles. The molecule has 164 valence electrons. The van der Waals surface area contributed by atoms with E-state index in [1.807, 2.05) is 12.1 Å². The molecule has 0 aliphatic carbocycles. The van der Waals surface area contributed by atoms with Crippen molar-refractivity contribution >= 4 is 22.2 Å². The average Bonchev–Trinajstić information content (AvgIpc) is 3.40. The third-order valence-corrected chi connectivity index (χ3v) is 7.43. The van der Waals surface area contributed by atoms with E-state index in [-0.39, 0.29) is 11.9 Å². The molecule has 1 amide bonds. The van der Waals surface area contributed by atoms with Crippen molar-refractivity contribution in [1.82, 2.24) is 4.90 Å². The Kier molecular flexibility index (Phi) is 6.49. The zero-order valence-electron chi connectivity index (χ0n) is 18.6. The Hall–Kier alpha value is -2.57. The van der Waals surface area contributed by atoms with Gasteiger partial charge in [-0.2, -0.15) is 0 Å². The molecule has 1 aliphatic heterocycles. The highest BCUT2D eigenvalue weighted by molar-refractivity contribution is 7.16.